The van der Waals surface area contributed by atoms with Gasteiger partial charge >= 0.3 is 0 Å². The fourth-order valence-electron chi connectivity index (χ4n) is 0.983. The second-order valence-electron chi connectivity index (χ2n) is 2.51. The lowest BCUT2D eigenvalue weighted by Crippen LogP contribution is -1.94. The van der Waals surface area contributed by atoms with Gasteiger partial charge in [-0.15, -0.1) is 11.6 Å². The molecule has 0 fully saturated rings. The van der Waals surface area contributed by atoms with Gasteiger partial charge in [-0.1, -0.05) is 11.8 Å². The van der Waals surface area contributed by atoms with E-state index in [0.717, 1.165) is 0 Å². The van der Waals surface area contributed by atoms with Crippen molar-refractivity contribution in [1.29, 1.82) is 0 Å². The van der Waals surface area contributed by atoms with Crippen LogP contribution in [0.1, 0.15) is 12.5 Å². The Morgan fingerprint density at radius 2 is 2.29 bits per heavy atom. The lowest BCUT2D eigenvalue weighted by atomic mass is 10.2. The normalized spacial score (nSPS) is 9.07. The van der Waals surface area contributed by atoms with Gasteiger partial charge in [0, 0.05) is 5.56 Å². The molecule has 1 aromatic rings. The molecule has 1 aromatic carbocycles. The van der Waals surface area contributed by atoms with Crippen LogP contribution in [0, 0.1) is 17.7 Å². The third-order valence-corrected chi connectivity index (χ3v) is 1.66. The summed E-state index contributed by atoms with van der Waals surface area (Å²) in [5, 5.41) is 0. The summed E-state index contributed by atoms with van der Waals surface area (Å²) < 4.78 is 18.2. The lowest BCUT2D eigenvalue weighted by Gasteiger charge is -2.03. The summed E-state index contributed by atoms with van der Waals surface area (Å²) in [6.07, 6.45) is 0. The van der Waals surface area contributed by atoms with Crippen LogP contribution < -0.4 is 4.74 Å². The highest BCUT2D eigenvalue weighted by molar-refractivity contribution is 6.19. The number of halogens is 2. The van der Waals surface area contributed by atoms with E-state index in [1.165, 1.54) is 6.07 Å². The second kappa shape index (κ2) is 5.51. The smallest absolute Gasteiger partial charge is 0.165 e. The molecule has 14 heavy (non-hydrogen) atoms. The van der Waals surface area contributed by atoms with E-state index >= 15 is 0 Å². The maximum Gasteiger partial charge on any atom is 0.165 e. The Morgan fingerprint density at radius 1 is 1.50 bits per heavy atom. The summed E-state index contributed by atoms with van der Waals surface area (Å²) in [5.41, 5.74) is 0.704. The first-order valence-electron chi connectivity index (χ1n) is 4.25. The highest BCUT2D eigenvalue weighted by atomic mass is 35.5. The highest BCUT2D eigenvalue weighted by Crippen LogP contribution is 2.18. The molecule has 0 N–H and O–H groups in total. The maximum absolute atomic E-state index is 13.1. The molecule has 74 valence electrons. The zero-order valence-corrected chi connectivity index (χ0v) is 8.57. The van der Waals surface area contributed by atoms with E-state index in [4.69, 9.17) is 16.3 Å². The summed E-state index contributed by atoms with van der Waals surface area (Å²) >= 11 is 5.40. The second-order valence-corrected chi connectivity index (χ2v) is 2.78. The fourth-order valence-corrected chi connectivity index (χ4v) is 1.05. The van der Waals surface area contributed by atoms with Crippen LogP contribution in [-0.2, 0) is 0 Å². The highest BCUT2D eigenvalue weighted by Gasteiger charge is 2.02. The minimum absolute atomic E-state index is 0.230. The van der Waals surface area contributed by atoms with Crippen molar-refractivity contribution in [3.63, 3.8) is 0 Å². The number of alkyl halides is 1. The van der Waals surface area contributed by atoms with Crippen molar-refractivity contribution in [1.82, 2.24) is 0 Å². The molecule has 0 aliphatic carbocycles. The number of ether oxygens (including phenoxy) is 1. The molecule has 1 rings (SSSR count). The zero-order chi connectivity index (χ0) is 10.4. The predicted molar refractivity (Wildman–Crippen MR) is 55.2 cm³/mol. The number of benzene rings is 1. The van der Waals surface area contributed by atoms with Crippen LogP contribution in [0.2, 0.25) is 0 Å². The van der Waals surface area contributed by atoms with Crippen molar-refractivity contribution in [2.75, 3.05) is 12.5 Å². The molecule has 0 aliphatic rings. The van der Waals surface area contributed by atoms with E-state index < -0.39 is 0 Å². The summed E-state index contributed by atoms with van der Waals surface area (Å²) in [6, 6.07) is 4.50. The monoisotopic (exact) mass is 212 g/mol. The lowest BCUT2D eigenvalue weighted by molar-refractivity contribution is 0.321. The van der Waals surface area contributed by atoms with Gasteiger partial charge in [-0.25, -0.2) is 4.39 Å². The average Bonchev–Trinajstić information content (AvgIpc) is 2.19. The Kier molecular flexibility index (Phi) is 4.28. The third kappa shape index (κ3) is 2.93. The molecular weight excluding hydrogens is 203 g/mol. The van der Waals surface area contributed by atoms with Crippen LogP contribution in [0.15, 0.2) is 18.2 Å². The first-order chi connectivity index (χ1) is 6.77. The summed E-state index contributed by atoms with van der Waals surface area (Å²) in [6.45, 7) is 2.24. The first kappa shape index (κ1) is 10.9. The standard InChI is InChI=1S/C11H10ClFO/c1-2-14-11-8-9(4-3-7-12)5-6-10(11)13/h5-6,8H,2,7H2,1H3. The van der Waals surface area contributed by atoms with Crippen molar-refractivity contribution in [2.24, 2.45) is 0 Å². The molecule has 0 heterocycles. The Morgan fingerprint density at radius 3 is 2.93 bits per heavy atom. The van der Waals surface area contributed by atoms with Crippen LogP contribution in [0.4, 0.5) is 4.39 Å². The van der Waals surface area contributed by atoms with Crippen LogP contribution >= 0.6 is 11.6 Å². The first-order valence-corrected chi connectivity index (χ1v) is 4.78. The summed E-state index contributed by atoms with van der Waals surface area (Å²) in [7, 11) is 0. The minimum Gasteiger partial charge on any atom is -0.491 e. The number of hydrogen-bond donors (Lipinski definition) is 0. The third-order valence-electron chi connectivity index (χ3n) is 1.53. The molecule has 1 nitrogen and oxygen atoms in total. The van der Waals surface area contributed by atoms with Gasteiger partial charge in [0.25, 0.3) is 0 Å². The van der Waals surface area contributed by atoms with E-state index in [9.17, 15) is 4.39 Å². The molecule has 0 saturated heterocycles. The molecule has 0 saturated carbocycles. The predicted octanol–water partition coefficient (Wildman–Crippen LogP) is 2.81. The average molecular weight is 213 g/mol. The molecule has 0 unspecified atom stereocenters. The molecule has 0 bridgehead atoms. The molecule has 0 amide bonds. The molecule has 0 spiro atoms. The van der Waals surface area contributed by atoms with Crippen LogP contribution in [0.5, 0.6) is 5.75 Å². The van der Waals surface area contributed by atoms with Crippen LogP contribution in [-0.4, -0.2) is 12.5 Å². The van der Waals surface area contributed by atoms with Crippen LogP contribution in [0.3, 0.4) is 0 Å². The largest absolute Gasteiger partial charge is 0.491 e. The number of rotatable bonds is 2. The van der Waals surface area contributed by atoms with Crippen molar-refractivity contribution < 1.29 is 9.13 Å². The van der Waals surface area contributed by atoms with Gasteiger partial charge in [-0.3, -0.25) is 0 Å². The molecule has 0 atom stereocenters. The molecule has 0 radical (unpaired) electrons. The zero-order valence-electron chi connectivity index (χ0n) is 7.81. The van der Waals surface area contributed by atoms with Crippen molar-refractivity contribution in [2.45, 2.75) is 6.92 Å². The summed E-state index contributed by atoms with van der Waals surface area (Å²) in [4.78, 5) is 0. The van der Waals surface area contributed by atoms with Gasteiger partial charge in [0.2, 0.25) is 0 Å². The summed E-state index contributed by atoms with van der Waals surface area (Å²) in [5.74, 6) is 5.61. The van der Waals surface area contributed by atoms with Gasteiger partial charge in [0.1, 0.15) is 0 Å². The van der Waals surface area contributed by atoms with Gasteiger partial charge in [0.15, 0.2) is 11.6 Å². The quantitative estimate of drug-likeness (QED) is 0.541. The molecular formula is C11H10ClFO. The van der Waals surface area contributed by atoms with E-state index in [1.54, 1.807) is 19.1 Å². The van der Waals surface area contributed by atoms with Gasteiger partial charge < -0.3 is 4.74 Å². The Hall–Kier alpha value is -1.20. The Labute approximate surface area is 87.8 Å². The van der Waals surface area contributed by atoms with Crippen molar-refractivity contribution in [3.8, 4) is 17.6 Å². The molecule has 0 aliphatic heterocycles. The van der Waals surface area contributed by atoms with Crippen molar-refractivity contribution >= 4 is 11.6 Å². The molecule has 0 aromatic heterocycles. The van der Waals surface area contributed by atoms with Gasteiger partial charge in [-0.05, 0) is 25.1 Å². The topological polar surface area (TPSA) is 9.23 Å². The van der Waals surface area contributed by atoms with E-state index in [0.29, 0.717) is 12.2 Å². The van der Waals surface area contributed by atoms with Crippen LogP contribution in [0.25, 0.3) is 0 Å². The number of hydrogen-bond acceptors (Lipinski definition) is 1. The Bertz CT molecular complexity index is 365. The fraction of sp³-hybridized carbons (Fsp3) is 0.273. The van der Waals surface area contributed by atoms with E-state index in [2.05, 4.69) is 11.8 Å². The van der Waals surface area contributed by atoms with Crippen molar-refractivity contribution in [3.05, 3.63) is 29.6 Å². The van der Waals surface area contributed by atoms with Gasteiger partial charge in [0.05, 0.1) is 12.5 Å². The van der Waals surface area contributed by atoms with E-state index in [-0.39, 0.29) is 17.4 Å². The SMILES string of the molecule is CCOc1cc(C#CCCl)ccc1F. The maximum atomic E-state index is 13.1. The van der Waals surface area contributed by atoms with Gasteiger partial charge in [-0.2, -0.15) is 0 Å². The Balaban J connectivity index is 2.94. The molecule has 3 heteroatoms. The minimum atomic E-state index is -0.372. The van der Waals surface area contributed by atoms with E-state index in [1.807, 2.05) is 0 Å².